The summed E-state index contributed by atoms with van der Waals surface area (Å²) in [4.78, 5) is 0. The third kappa shape index (κ3) is 3.05. The number of benzene rings is 1. The number of H-pyrrole nitrogens is 1. The van der Waals surface area contributed by atoms with Crippen molar-refractivity contribution in [1.29, 1.82) is 0 Å². The molecule has 1 N–H and O–H groups in total. The molecule has 0 fully saturated rings. The second-order valence-corrected chi connectivity index (χ2v) is 4.64. The van der Waals surface area contributed by atoms with Crippen molar-refractivity contribution in [3.63, 3.8) is 0 Å². The van der Waals surface area contributed by atoms with Gasteiger partial charge in [0.1, 0.15) is 5.82 Å². The zero-order valence-electron chi connectivity index (χ0n) is 10.6. The minimum Gasteiger partial charge on any atom is -0.383 e. The van der Waals surface area contributed by atoms with E-state index in [0.717, 1.165) is 18.8 Å². The molecule has 0 radical (unpaired) electrons. The van der Waals surface area contributed by atoms with Gasteiger partial charge in [0.2, 0.25) is 0 Å². The monoisotopic (exact) mass is 263 g/mol. The Morgan fingerprint density at radius 1 is 1.44 bits per heavy atom. The molecule has 96 valence electrons. The maximum Gasteiger partial charge on any atom is 0.195 e. The Morgan fingerprint density at radius 2 is 2.28 bits per heavy atom. The normalized spacial score (nSPS) is 10.8. The maximum absolute atomic E-state index is 5.22. The van der Waals surface area contributed by atoms with Crippen molar-refractivity contribution in [2.45, 2.75) is 19.9 Å². The maximum atomic E-state index is 5.22. The van der Waals surface area contributed by atoms with Gasteiger partial charge in [0.25, 0.3) is 0 Å². The van der Waals surface area contributed by atoms with Crippen molar-refractivity contribution >= 4 is 12.2 Å². The number of hydrogen-bond acceptors (Lipinski definition) is 3. The second-order valence-electron chi connectivity index (χ2n) is 4.26. The molecule has 0 bridgehead atoms. The van der Waals surface area contributed by atoms with Gasteiger partial charge in [-0.05, 0) is 24.7 Å². The van der Waals surface area contributed by atoms with Gasteiger partial charge in [-0.25, -0.2) is 0 Å². The largest absolute Gasteiger partial charge is 0.383 e. The molecule has 2 rings (SSSR count). The molecule has 1 aromatic heterocycles. The van der Waals surface area contributed by atoms with Crippen molar-refractivity contribution in [3.05, 3.63) is 46.0 Å². The van der Waals surface area contributed by atoms with Gasteiger partial charge < -0.3 is 9.30 Å². The van der Waals surface area contributed by atoms with Crippen LogP contribution in [0.25, 0.3) is 0 Å². The molecule has 4 nitrogen and oxygen atoms in total. The van der Waals surface area contributed by atoms with Crippen LogP contribution < -0.4 is 0 Å². The standard InChI is InChI=1S/C13H17N3OS/c1-10-4-3-5-11(8-10)9-12-14-15-13(18)16(12)6-7-17-2/h3-5,8H,6-7,9H2,1-2H3,(H,15,18). The number of aryl methyl sites for hydroxylation is 1. The highest BCUT2D eigenvalue weighted by Gasteiger charge is 2.06. The zero-order valence-corrected chi connectivity index (χ0v) is 11.5. The summed E-state index contributed by atoms with van der Waals surface area (Å²) >= 11 is 5.22. The Kier molecular flexibility index (Phi) is 4.28. The van der Waals surface area contributed by atoms with Crippen LogP contribution in [-0.2, 0) is 17.7 Å². The Hall–Kier alpha value is -1.46. The van der Waals surface area contributed by atoms with Gasteiger partial charge in [-0.2, -0.15) is 5.10 Å². The van der Waals surface area contributed by atoms with E-state index in [0.29, 0.717) is 11.4 Å². The topological polar surface area (TPSA) is 42.8 Å². The highest BCUT2D eigenvalue weighted by molar-refractivity contribution is 7.71. The quantitative estimate of drug-likeness (QED) is 0.843. The highest BCUT2D eigenvalue weighted by atomic mass is 32.1. The number of aromatic amines is 1. The van der Waals surface area contributed by atoms with Crippen molar-refractivity contribution in [2.24, 2.45) is 0 Å². The molecule has 1 heterocycles. The molecule has 18 heavy (non-hydrogen) atoms. The number of aromatic nitrogens is 3. The van der Waals surface area contributed by atoms with Crippen LogP contribution in [0.15, 0.2) is 24.3 Å². The first kappa shape index (κ1) is 13.0. The number of hydrogen-bond donors (Lipinski definition) is 1. The van der Waals surface area contributed by atoms with Crippen LogP contribution in [0.4, 0.5) is 0 Å². The van der Waals surface area contributed by atoms with E-state index in [-0.39, 0.29) is 0 Å². The molecular formula is C13H17N3OS. The smallest absolute Gasteiger partial charge is 0.195 e. The van der Waals surface area contributed by atoms with E-state index in [1.54, 1.807) is 7.11 Å². The van der Waals surface area contributed by atoms with Crippen LogP contribution in [0.3, 0.4) is 0 Å². The number of nitrogens with one attached hydrogen (secondary N) is 1. The fourth-order valence-corrected chi connectivity index (χ4v) is 2.15. The molecule has 5 heteroatoms. The Labute approximate surface area is 112 Å². The first-order valence-corrected chi connectivity index (χ1v) is 6.30. The molecule has 0 atom stereocenters. The predicted octanol–water partition coefficient (Wildman–Crippen LogP) is 2.49. The lowest BCUT2D eigenvalue weighted by Crippen LogP contribution is -2.09. The summed E-state index contributed by atoms with van der Waals surface area (Å²) in [6.07, 6.45) is 0.776. The first-order valence-electron chi connectivity index (χ1n) is 5.89. The van der Waals surface area contributed by atoms with Gasteiger partial charge in [0, 0.05) is 20.1 Å². The van der Waals surface area contributed by atoms with Crippen LogP contribution in [0, 0.1) is 11.7 Å². The van der Waals surface area contributed by atoms with Crippen molar-refractivity contribution in [1.82, 2.24) is 14.8 Å². The van der Waals surface area contributed by atoms with Crippen LogP contribution >= 0.6 is 12.2 Å². The van der Waals surface area contributed by atoms with Crippen LogP contribution in [-0.4, -0.2) is 28.5 Å². The molecule has 0 aliphatic rings. The van der Waals surface area contributed by atoms with Gasteiger partial charge in [-0.1, -0.05) is 29.8 Å². The summed E-state index contributed by atoms with van der Waals surface area (Å²) in [7, 11) is 1.68. The minimum atomic E-state index is 0.634. The van der Waals surface area contributed by atoms with E-state index < -0.39 is 0 Å². The molecule has 0 saturated carbocycles. The van der Waals surface area contributed by atoms with Crippen molar-refractivity contribution < 1.29 is 4.74 Å². The molecule has 0 unspecified atom stereocenters. The van der Waals surface area contributed by atoms with E-state index in [1.807, 2.05) is 4.57 Å². The Bertz CT molecular complexity index is 574. The number of nitrogens with zero attached hydrogens (tertiary/aromatic N) is 2. The Morgan fingerprint density at radius 3 is 3.00 bits per heavy atom. The van der Waals surface area contributed by atoms with Crippen molar-refractivity contribution in [3.8, 4) is 0 Å². The lowest BCUT2D eigenvalue weighted by Gasteiger charge is -2.06. The molecule has 0 aliphatic heterocycles. The lowest BCUT2D eigenvalue weighted by atomic mass is 10.1. The van der Waals surface area contributed by atoms with Gasteiger partial charge >= 0.3 is 0 Å². The van der Waals surface area contributed by atoms with E-state index in [9.17, 15) is 0 Å². The number of methoxy groups -OCH3 is 1. The number of ether oxygens (including phenoxy) is 1. The Balaban J connectivity index is 2.21. The summed E-state index contributed by atoms with van der Waals surface area (Å²) in [6.45, 7) is 3.45. The molecule has 2 aromatic rings. The van der Waals surface area contributed by atoms with Crippen LogP contribution in [0.1, 0.15) is 17.0 Å². The fourth-order valence-electron chi connectivity index (χ4n) is 1.90. The first-order chi connectivity index (χ1) is 8.70. The highest BCUT2D eigenvalue weighted by Crippen LogP contribution is 2.10. The molecule has 0 aliphatic carbocycles. The van der Waals surface area contributed by atoms with E-state index in [2.05, 4.69) is 41.4 Å². The average Bonchev–Trinajstić information content (AvgIpc) is 2.68. The number of rotatable bonds is 5. The SMILES string of the molecule is COCCn1c(Cc2cccc(C)c2)n[nH]c1=S. The summed E-state index contributed by atoms with van der Waals surface area (Å²) in [5, 5.41) is 7.13. The second kappa shape index (κ2) is 5.93. The predicted molar refractivity (Wildman–Crippen MR) is 73.3 cm³/mol. The third-order valence-corrected chi connectivity index (χ3v) is 3.11. The average molecular weight is 263 g/mol. The van der Waals surface area contributed by atoms with Crippen LogP contribution in [0.5, 0.6) is 0 Å². The molecular weight excluding hydrogens is 246 g/mol. The third-order valence-electron chi connectivity index (χ3n) is 2.80. The van der Waals surface area contributed by atoms with E-state index >= 15 is 0 Å². The van der Waals surface area contributed by atoms with E-state index in [4.69, 9.17) is 17.0 Å². The van der Waals surface area contributed by atoms with E-state index in [1.165, 1.54) is 11.1 Å². The van der Waals surface area contributed by atoms with Gasteiger partial charge in [0.05, 0.1) is 6.61 Å². The van der Waals surface area contributed by atoms with Crippen molar-refractivity contribution in [2.75, 3.05) is 13.7 Å². The lowest BCUT2D eigenvalue weighted by molar-refractivity contribution is 0.186. The summed E-state index contributed by atoms with van der Waals surface area (Å²) in [6, 6.07) is 8.42. The summed E-state index contributed by atoms with van der Waals surface area (Å²) < 4.78 is 7.72. The van der Waals surface area contributed by atoms with Crippen LogP contribution in [0.2, 0.25) is 0 Å². The van der Waals surface area contributed by atoms with Gasteiger partial charge in [-0.3, -0.25) is 5.10 Å². The molecule has 0 spiro atoms. The van der Waals surface area contributed by atoms with Gasteiger partial charge in [0.15, 0.2) is 4.77 Å². The molecule has 0 saturated heterocycles. The zero-order chi connectivity index (χ0) is 13.0. The molecule has 1 aromatic carbocycles. The van der Waals surface area contributed by atoms with Gasteiger partial charge in [-0.15, -0.1) is 0 Å². The fraction of sp³-hybridized carbons (Fsp3) is 0.385. The molecule has 0 amide bonds. The minimum absolute atomic E-state index is 0.634. The summed E-state index contributed by atoms with van der Waals surface area (Å²) in [5.74, 6) is 0.947. The summed E-state index contributed by atoms with van der Waals surface area (Å²) in [5.41, 5.74) is 2.49.